The van der Waals surface area contributed by atoms with E-state index in [4.69, 9.17) is 5.11 Å². The smallest absolute Gasteiger partial charge is 0.243 e. The summed E-state index contributed by atoms with van der Waals surface area (Å²) in [7, 11) is -1.85. The molecule has 1 fully saturated rings. The lowest BCUT2D eigenvalue weighted by Crippen LogP contribution is -2.35. The quantitative estimate of drug-likeness (QED) is 0.776. The van der Waals surface area contributed by atoms with Crippen LogP contribution in [0.3, 0.4) is 0 Å². The van der Waals surface area contributed by atoms with Gasteiger partial charge in [-0.1, -0.05) is 0 Å². The lowest BCUT2D eigenvalue weighted by atomic mass is 10.5. The van der Waals surface area contributed by atoms with Gasteiger partial charge in [-0.3, -0.25) is 0 Å². The van der Waals surface area contributed by atoms with Crippen molar-refractivity contribution in [1.29, 1.82) is 0 Å². The predicted molar refractivity (Wildman–Crippen MR) is 67.8 cm³/mol. The molecular formula is C11H17N3O3S. The molecule has 1 aliphatic rings. The summed E-state index contributed by atoms with van der Waals surface area (Å²) in [6.07, 6.45) is 3.19. The number of rotatable bonds is 6. The summed E-state index contributed by atoms with van der Waals surface area (Å²) in [5.74, 6) is 0.510. The van der Waals surface area contributed by atoms with Gasteiger partial charge in [0.05, 0.1) is 11.5 Å². The fraction of sp³-hybridized carbons (Fsp3) is 0.545. The fourth-order valence-electron chi connectivity index (χ4n) is 1.80. The zero-order valence-corrected chi connectivity index (χ0v) is 11.0. The molecule has 0 spiro atoms. The molecule has 1 heterocycles. The number of nitrogens with zero attached hydrogens (tertiary/aromatic N) is 2. The van der Waals surface area contributed by atoms with Crippen molar-refractivity contribution in [2.75, 3.05) is 25.5 Å². The van der Waals surface area contributed by atoms with Crippen LogP contribution in [0.5, 0.6) is 0 Å². The Kier molecular flexibility index (Phi) is 3.84. The highest BCUT2D eigenvalue weighted by molar-refractivity contribution is 7.89. The molecule has 7 heteroatoms. The third-order valence-corrected chi connectivity index (χ3v) is 4.82. The molecule has 18 heavy (non-hydrogen) atoms. The van der Waals surface area contributed by atoms with Crippen molar-refractivity contribution in [3.05, 3.63) is 18.3 Å². The molecule has 0 atom stereocenters. The number of aromatic nitrogens is 1. The molecule has 2 rings (SSSR count). The number of pyridine rings is 1. The fourth-order valence-corrected chi connectivity index (χ4v) is 3.49. The minimum Gasteiger partial charge on any atom is -0.395 e. The summed E-state index contributed by atoms with van der Waals surface area (Å²) in [5.41, 5.74) is 0. The van der Waals surface area contributed by atoms with Crippen LogP contribution in [0.25, 0.3) is 0 Å². The Morgan fingerprint density at radius 2 is 2.28 bits per heavy atom. The summed E-state index contributed by atoms with van der Waals surface area (Å²) in [6.45, 7) is -0.0239. The van der Waals surface area contributed by atoms with E-state index in [0.717, 1.165) is 12.8 Å². The number of aliphatic hydroxyl groups is 1. The summed E-state index contributed by atoms with van der Waals surface area (Å²) < 4.78 is 26.2. The zero-order chi connectivity index (χ0) is 13.2. The van der Waals surface area contributed by atoms with Gasteiger partial charge in [0.1, 0.15) is 5.82 Å². The molecule has 0 amide bonds. The van der Waals surface area contributed by atoms with E-state index in [9.17, 15) is 8.42 Å². The highest BCUT2D eigenvalue weighted by Gasteiger charge is 2.37. The average molecular weight is 271 g/mol. The van der Waals surface area contributed by atoms with Crippen LogP contribution in [0, 0.1) is 0 Å². The van der Waals surface area contributed by atoms with E-state index >= 15 is 0 Å². The SMILES string of the molecule is CNc1cc(S(=O)(=O)N(CCO)C2CC2)ccn1. The highest BCUT2D eigenvalue weighted by atomic mass is 32.2. The standard InChI is InChI=1S/C11H17N3O3S/c1-12-11-8-10(4-5-13-11)18(16,17)14(6-7-15)9-2-3-9/h4-5,8-9,15H,2-3,6-7H2,1H3,(H,12,13). The molecule has 1 aromatic heterocycles. The van der Waals surface area contributed by atoms with Gasteiger partial charge in [-0.15, -0.1) is 0 Å². The van der Waals surface area contributed by atoms with Crippen LogP contribution in [0.2, 0.25) is 0 Å². The van der Waals surface area contributed by atoms with Gasteiger partial charge in [0.2, 0.25) is 10.0 Å². The Hall–Kier alpha value is -1.18. The van der Waals surface area contributed by atoms with Crippen molar-refractivity contribution in [2.24, 2.45) is 0 Å². The second-order valence-corrected chi connectivity index (χ2v) is 6.09. The van der Waals surface area contributed by atoms with Crippen LogP contribution in [0.1, 0.15) is 12.8 Å². The number of anilines is 1. The Morgan fingerprint density at radius 1 is 1.56 bits per heavy atom. The van der Waals surface area contributed by atoms with E-state index in [1.54, 1.807) is 7.05 Å². The Morgan fingerprint density at radius 3 is 2.83 bits per heavy atom. The second kappa shape index (κ2) is 5.21. The van der Waals surface area contributed by atoms with Gasteiger partial charge in [-0.25, -0.2) is 13.4 Å². The van der Waals surface area contributed by atoms with Crippen molar-refractivity contribution < 1.29 is 13.5 Å². The molecule has 1 aromatic rings. The van der Waals surface area contributed by atoms with Gasteiger partial charge in [0.25, 0.3) is 0 Å². The van der Waals surface area contributed by atoms with E-state index in [1.165, 1.54) is 22.6 Å². The molecule has 0 aliphatic heterocycles. The third kappa shape index (κ3) is 2.63. The van der Waals surface area contributed by atoms with Gasteiger partial charge in [-0.05, 0) is 18.9 Å². The normalized spacial score (nSPS) is 15.9. The molecule has 0 aromatic carbocycles. The Labute approximate surface area is 107 Å². The number of hydrogen-bond donors (Lipinski definition) is 2. The van der Waals surface area contributed by atoms with Crippen LogP contribution < -0.4 is 5.32 Å². The van der Waals surface area contributed by atoms with Crippen molar-refractivity contribution in [3.63, 3.8) is 0 Å². The molecule has 2 N–H and O–H groups in total. The summed E-state index contributed by atoms with van der Waals surface area (Å²) >= 11 is 0. The molecule has 1 aliphatic carbocycles. The minimum atomic E-state index is -3.54. The number of nitrogens with one attached hydrogen (secondary N) is 1. The highest BCUT2D eigenvalue weighted by Crippen LogP contribution is 2.31. The molecule has 0 radical (unpaired) electrons. The van der Waals surface area contributed by atoms with Crippen molar-refractivity contribution >= 4 is 15.8 Å². The first-order chi connectivity index (χ1) is 8.59. The maximum absolute atomic E-state index is 12.4. The maximum atomic E-state index is 12.4. The monoisotopic (exact) mass is 271 g/mol. The van der Waals surface area contributed by atoms with Gasteiger partial charge >= 0.3 is 0 Å². The van der Waals surface area contributed by atoms with E-state index < -0.39 is 10.0 Å². The van der Waals surface area contributed by atoms with Crippen molar-refractivity contribution in [3.8, 4) is 0 Å². The van der Waals surface area contributed by atoms with Gasteiger partial charge in [0, 0.05) is 31.9 Å². The number of sulfonamides is 1. The van der Waals surface area contributed by atoms with E-state index in [2.05, 4.69) is 10.3 Å². The Balaban J connectivity index is 2.32. The summed E-state index contributed by atoms with van der Waals surface area (Å²) in [4.78, 5) is 4.20. The number of hydrogen-bond acceptors (Lipinski definition) is 5. The van der Waals surface area contributed by atoms with Gasteiger partial charge in [0.15, 0.2) is 0 Å². The average Bonchev–Trinajstić information content (AvgIpc) is 3.20. The van der Waals surface area contributed by atoms with E-state index in [-0.39, 0.29) is 24.1 Å². The molecular weight excluding hydrogens is 254 g/mol. The summed E-state index contributed by atoms with van der Waals surface area (Å²) in [6, 6.07) is 3.01. The van der Waals surface area contributed by atoms with Crippen molar-refractivity contribution in [2.45, 2.75) is 23.8 Å². The number of aliphatic hydroxyl groups excluding tert-OH is 1. The lowest BCUT2D eigenvalue weighted by molar-refractivity contribution is 0.250. The predicted octanol–water partition coefficient (Wildman–Crippen LogP) is 0.269. The van der Waals surface area contributed by atoms with Crippen LogP contribution in [0.4, 0.5) is 5.82 Å². The van der Waals surface area contributed by atoms with Crippen molar-refractivity contribution in [1.82, 2.24) is 9.29 Å². The van der Waals surface area contributed by atoms with Crippen LogP contribution in [-0.2, 0) is 10.0 Å². The molecule has 0 unspecified atom stereocenters. The van der Waals surface area contributed by atoms with Crippen LogP contribution in [0.15, 0.2) is 23.2 Å². The zero-order valence-electron chi connectivity index (χ0n) is 10.2. The molecule has 0 saturated heterocycles. The lowest BCUT2D eigenvalue weighted by Gasteiger charge is -2.20. The first-order valence-corrected chi connectivity index (χ1v) is 7.30. The topological polar surface area (TPSA) is 82.5 Å². The first-order valence-electron chi connectivity index (χ1n) is 5.86. The largest absolute Gasteiger partial charge is 0.395 e. The second-order valence-electron chi connectivity index (χ2n) is 4.20. The molecule has 6 nitrogen and oxygen atoms in total. The summed E-state index contributed by atoms with van der Waals surface area (Å²) in [5, 5.41) is 11.8. The van der Waals surface area contributed by atoms with Crippen LogP contribution in [-0.4, -0.2) is 49.1 Å². The van der Waals surface area contributed by atoms with Gasteiger partial charge in [-0.2, -0.15) is 4.31 Å². The third-order valence-electron chi connectivity index (χ3n) is 2.87. The Bertz CT molecular complexity index is 514. The van der Waals surface area contributed by atoms with E-state index in [1.807, 2.05) is 0 Å². The molecule has 0 bridgehead atoms. The maximum Gasteiger partial charge on any atom is 0.243 e. The van der Waals surface area contributed by atoms with E-state index in [0.29, 0.717) is 5.82 Å². The molecule has 1 saturated carbocycles. The minimum absolute atomic E-state index is 0.0355. The molecule has 100 valence electrons. The first kappa shape index (κ1) is 13.3. The van der Waals surface area contributed by atoms with Crippen LogP contribution >= 0.6 is 0 Å². The van der Waals surface area contributed by atoms with Gasteiger partial charge < -0.3 is 10.4 Å².